The molecule has 1 aromatic rings. The van der Waals surface area contributed by atoms with Gasteiger partial charge in [0.1, 0.15) is 0 Å². The van der Waals surface area contributed by atoms with Gasteiger partial charge in [-0.2, -0.15) is 0 Å². The Balaban J connectivity index is 2.66. The molecule has 3 nitrogen and oxygen atoms in total. The number of halogens is 3. The maximum Gasteiger partial charge on any atom is 0.254 e. The smallest absolute Gasteiger partial charge is 0.254 e. The molecule has 0 aromatic heterocycles. The summed E-state index contributed by atoms with van der Waals surface area (Å²) in [5, 5.41) is 0.534. The molecule has 0 radical (unpaired) electrons. The van der Waals surface area contributed by atoms with Gasteiger partial charge in [0.25, 0.3) is 5.91 Å². The molecule has 0 saturated heterocycles. The van der Waals surface area contributed by atoms with Crippen molar-refractivity contribution in [3.63, 3.8) is 0 Å². The van der Waals surface area contributed by atoms with Gasteiger partial charge in [-0.05, 0) is 25.1 Å². The fraction of sp³-hybridized carbons (Fsp3) is 0.462. The first-order valence-electron chi connectivity index (χ1n) is 5.97. The van der Waals surface area contributed by atoms with E-state index in [2.05, 4.69) is 15.9 Å². The van der Waals surface area contributed by atoms with Crippen LogP contribution in [0, 0.1) is 0 Å². The Morgan fingerprint density at radius 2 is 2.11 bits per heavy atom. The molecule has 0 saturated carbocycles. The summed E-state index contributed by atoms with van der Waals surface area (Å²) >= 11 is 14.8. The Kier molecular flexibility index (Phi) is 7.76. The zero-order chi connectivity index (χ0) is 14.3. The van der Waals surface area contributed by atoms with Crippen LogP contribution >= 0.6 is 39.1 Å². The number of ether oxygens (including phenoxy) is 1. The second-order valence-electron chi connectivity index (χ2n) is 3.84. The van der Waals surface area contributed by atoms with Gasteiger partial charge in [0.15, 0.2) is 0 Å². The van der Waals surface area contributed by atoms with Gasteiger partial charge in [0.05, 0.1) is 13.2 Å². The maximum absolute atomic E-state index is 12.3. The van der Waals surface area contributed by atoms with E-state index in [9.17, 15) is 4.79 Å². The highest BCUT2D eigenvalue weighted by Gasteiger charge is 2.15. The number of rotatable bonds is 7. The fourth-order valence-corrected chi connectivity index (χ4v) is 2.56. The number of hydrogen-bond donors (Lipinski definition) is 0. The van der Waals surface area contributed by atoms with E-state index >= 15 is 0 Å². The summed E-state index contributed by atoms with van der Waals surface area (Å²) in [7, 11) is 0. The molecule has 0 spiro atoms. The predicted octanol–water partition coefficient (Wildman–Crippen LogP) is 3.82. The van der Waals surface area contributed by atoms with Gasteiger partial charge in [-0.1, -0.05) is 27.5 Å². The van der Waals surface area contributed by atoms with Crippen molar-refractivity contribution in [2.24, 2.45) is 0 Å². The summed E-state index contributed by atoms with van der Waals surface area (Å²) in [6, 6.07) is 5.17. The molecular formula is C13H16BrCl2NO2. The number of hydrogen-bond acceptors (Lipinski definition) is 2. The molecule has 106 valence electrons. The molecule has 0 N–H and O–H groups in total. The third-order valence-corrected chi connectivity index (χ3v) is 3.34. The van der Waals surface area contributed by atoms with Crippen molar-refractivity contribution in [1.29, 1.82) is 0 Å². The number of amides is 1. The third-order valence-electron chi connectivity index (χ3n) is 2.51. The number of likely N-dealkylation sites (N-methyl/N-ethyl adjacent to an activating group) is 1. The molecule has 0 atom stereocenters. The highest BCUT2D eigenvalue weighted by molar-refractivity contribution is 9.10. The lowest BCUT2D eigenvalue weighted by molar-refractivity contribution is 0.0671. The molecule has 6 heteroatoms. The molecule has 0 aliphatic carbocycles. The first-order chi connectivity index (χ1) is 9.08. The van der Waals surface area contributed by atoms with Crippen molar-refractivity contribution >= 4 is 45.0 Å². The van der Waals surface area contributed by atoms with Crippen LogP contribution in [0.1, 0.15) is 17.3 Å². The van der Waals surface area contributed by atoms with Crippen molar-refractivity contribution in [2.75, 3.05) is 32.2 Å². The van der Waals surface area contributed by atoms with E-state index in [0.717, 1.165) is 4.47 Å². The van der Waals surface area contributed by atoms with Crippen molar-refractivity contribution in [3.05, 3.63) is 33.3 Å². The summed E-state index contributed by atoms with van der Waals surface area (Å²) in [5.74, 6) is 0.404. The summed E-state index contributed by atoms with van der Waals surface area (Å²) in [6.07, 6.45) is 0. The number of carbonyl (C=O) groups excluding carboxylic acids is 1. The van der Waals surface area contributed by atoms with Gasteiger partial charge < -0.3 is 9.64 Å². The molecule has 1 aromatic carbocycles. The lowest BCUT2D eigenvalue weighted by atomic mass is 10.2. The quantitative estimate of drug-likeness (QED) is 0.540. The van der Waals surface area contributed by atoms with E-state index < -0.39 is 0 Å². The topological polar surface area (TPSA) is 29.5 Å². The molecule has 19 heavy (non-hydrogen) atoms. The maximum atomic E-state index is 12.3. The van der Waals surface area contributed by atoms with Crippen LogP contribution in [0.2, 0.25) is 5.02 Å². The Hall–Kier alpha value is -0.290. The number of benzene rings is 1. The second-order valence-corrected chi connectivity index (χ2v) is 5.57. The van der Waals surface area contributed by atoms with Crippen LogP contribution in [0.3, 0.4) is 0 Å². The van der Waals surface area contributed by atoms with Crippen LogP contribution in [0.15, 0.2) is 22.7 Å². The number of alkyl halides is 1. The van der Waals surface area contributed by atoms with E-state index in [1.165, 1.54) is 0 Å². The highest BCUT2D eigenvalue weighted by atomic mass is 79.9. The Bertz CT molecular complexity index is 409. The minimum Gasteiger partial charge on any atom is -0.378 e. The van der Waals surface area contributed by atoms with Crippen LogP contribution in [0.5, 0.6) is 0 Å². The molecule has 0 bridgehead atoms. The molecule has 1 rings (SSSR count). The molecule has 0 fully saturated rings. The van der Waals surface area contributed by atoms with Crippen LogP contribution in [0.4, 0.5) is 0 Å². The highest BCUT2D eigenvalue weighted by Crippen LogP contribution is 2.20. The Labute approximate surface area is 131 Å². The van der Waals surface area contributed by atoms with Crippen molar-refractivity contribution in [1.82, 2.24) is 4.90 Å². The summed E-state index contributed by atoms with van der Waals surface area (Å²) in [5.41, 5.74) is 0.568. The monoisotopic (exact) mass is 367 g/mol. The van der Waals surface area contributed by atoms with E-state index in [1.54, 1.807) is 23.1 Å². The second kappa shape index (κ2) is 8.80. The molecule has 0 unspecified atom stereocenters. The van der Waals surface area contributed by atoms with Crippen molar-refractivity contribution < 1.29 is 9.53 Å². The SMILES string of the molecule is CCN(CCOCCCl)C(=O)c1cc(Cl)cc(Br)c1. The zero-order valence-corrected chi connectivity index (χ0v) is 13.8. The summed E-state index contributed by atoms with van der Waals surface area (Å²) in [4.78, 5) is 14.0. The average Bonchev–Trinajstić information content (AvgIpc) is 2.37. The summed E-state index contributed by atoms with van der Waals surface area (Å²) in [6.45, 7) is 4.06. The van der Waals surface area contributed by atoms with Gasteiger partial charge in [-0.25, -0.2) is 0 Å². The average molecular weight is 369 g/mol. The van der Waals surface area contributed by atoms with E-state index in [0.29, 0.717) is 42.8 Å². The Morgan fingerprint density at radius 1 is 1.37 bits per heavy atom. The zero-order valence-electron chi connectivity index (χ0n) is 10.7. The standard InChI is InChI=1S/C13H16BrCl2NO2/c1-2-17(4-6-19-5-3-15)13(18)10-7-11(14)9-12(16)8-10/h7-9H,2-6H2,1H3. The largest absolute Gasteiger partial charge is 0.378 e. The lowest BCUT2D eigenvalue weighted by Gasteiger charge is -2.21. The van der Waals surface area contributed by atoms with Gasteiger partial charge >= 0.3 is 0 Å². The lowest BCUT2D eigenvalue weighted by Crippen LogP contribution is -2.34. The molecule has 0 heterocycles. The molecule has 0 aliphatic rings. The Morgan fingerprint density at radius 3 is 2.68 bits per heavy atom. The molecular weight excluding hydrogens is 353 g/mol. The minimum atomic E-state index is -0.0554. The van der Waals surface area contributed by atoms with Crippen LogP contribution < -0.4 is 0 Å². The van der Waals surface area contributed by atoms with Crippen LogP contribution in [0.25, 0.3) is 0 Å². The number of nitrogens with zero attached hydrogens (tertiary/aromatic N) is 1. The van der Waals surface area contributed by atoms with Crippen molar-refractivity contribution in [2.45, 2.75) is 6.92 Å². The first kappa shape index (κ1) is 16.8. The van der Waals surface area contributed by atoms with E-state index in [1.807, 2.05) is 6.92 Å². The normalized spacial score (nSPS) is 10.5. The van der Waals surface area contributed by atoms with Crippen LogP contribution in [-0.4, -0.2) is 43.0 Å². The minimum absolute atomic E-state index is 0.0554. The third kappa shape index (κ3) is 5.69. The van der Waals surface area contributed by atoms with Gasteiger partial charge in [-0.3, -0.25) is 4.79 Å². The van der Waals surface area contributed by atoms with E-state index in [4.69, 9.17) is 27.9 Å². The fourth-order valence-electron chi connectivity index (χ4n) is 1.59. The van der Waals surface area contributed by atoms with Gasteiger partial charge in [0.2, 0.25) is 0 Å². The summed E-state index contributed by atoms with van der Waals surface area (Å²) < 4.78 is 6.08. The van der Waals surface area contributed by atoms with Crippen LogP contribution in [-0.2, 0) is 4.74 Å². The van der Waals surface area contributed by atoms with Gasteiger partial charge in [-0.15, -0.1) is 11.6 Å². The number of carbonyl (C=O) groups is 1. The van der Waals surface area contributed by atoms with Gasteiger partial charge in [0, 0.05) is 34.0 Å². The molecule has 1 amide bonds. The van der Waals surface area contributed by atoms with Crippen molar-refractivity contribution in [3.8, 4) is 0 Å². The predicted molar refractivity (Wildman–Crippen MR) is 82.3 cm³/mol. The van der Waals surface area contributed by atoms with E-state index in [-0.39, 0.29) is 5.91 Å². The molecule has 0 aliphatic heterocycles. The first-order valence-corrected chi connectivity index (χ1v) is 7.68.